The van der Waals surface area contributed by atoms with Crippen molar-refractivity contribution in [3.63, 3.8) is 0 Å². The van der Waals surface area contributed by atoms with Gasteiger partial charge in [0.2, 0.25) is 5.91 Å². The summed E-state index contributed by atoms with van der Waals surface area (Å²) in [4.78, 5) is 38.3. The molecule has 1 aliphatic carbocycles. The molecule has 4 rings (SSSR count). The van der Waals surface area contributed by atoms with Gasteiger partial charge in [0, 0.05) is 31.5 Å². The molecule has 8 heteroatoms. The molecular formula is C25H28N2O6. The van der Waals surface area contributed by atoms with Crippen LogP contribution in [0.25, 0.3) is 11.1 Å². The average Bonchev–Trinajstić information content (AvgIpc) is 3.34. The minimum atomic E-state index is -1.23. The summed E-state index contributed by atoms with van der Waals surface area (Å²) in [5.74, 6) is -1.78. The summed E-state index contributed by atoms with van der Waals surface area (Å²) in [5.41, 5.74) is 4.32. The number of rotatable bonds is 7. The first-order valence-electron chi connectivity index (χ1n) is 11.1. The van der Waals surface area contributed by atoms with Crippen molar-refractivity contribution in [1.82, 2.24) is 10.2 Å². The number of hydrogen-bond acceptors (Lipinski definition) is 5. The number of carboxylic acids is 1. The molecule has 0 aromatic heterocycles. The molecule has 33 heavy (non-hydrogen) atoms. The van der Waals surface area contributed by atoms with Gasteiger partial charge in [-0.05, 0) is 28.2 Å². The van der Waals surface area contributed by atoms with Gasteiger partial charge in [-0.15, -0.1) is 0 Å². The van der Waals surface area contributed by atoms with E-state index in [1.54, 1.807) is 0 Å². The number of alkyl carbamates (subject to hydrolysis) is 1. The summed E-state index contributed by atoms with van der Waals surface area (Å²) in [5, 5.41) is 21.2. The number of aliphatic carboxylic acids is 1. The van der Waals surface area contributed by atoms with Crippen molar-refractivity contribution < 1.29 is 29.3 Å². The predicted molar refractivity (Wildman–Crippen MR) is 121 cm³/mol. The highest BCUT2D eigenvalue weighted by atomic mass is 16.5. The summed E-state index contributed by atoms with van der Waals surface area (Å²) in [6.45, 7) is 2.69. The van der Waals surface area contributed by atoms with Gasteiger partial charge >= 0.3 is 12.1 Å². The fourth-order valence-corrected chi connectivity index (χ4v) is 4.83. The number of carbonyl (C=O) groups is 3. The van der Waals surface area contributed by atoms with Crippen LogP contribution in [-0.2, 0) is 14.3 Å². The van der Waals surface area contributed by atoms with E-state index in [4.69, 9.17) is 4.74 Å². The maximum Gasteiger partial charge on any atom is 0.407 e. The third-order valence-electron chi connectivity index (χ3n) is 6.63. The summed E-state index contributed by atoms with van der Waals surface area (Å²) in [7, 11) is 0. The first-order chi connectivity index (χ1) is 15.9. The molecule has 1 aliphatic heterocycles. The van der Waals surface area contributed by atoms with E-state index in [2.05, 4.69) is 5.32 Å². The van der Waals surface area contributed by atoms with Crippen molar-refractivity contribution in [2.24, 2.45) is 11.8 Å². The number of aliphatic hydroxyl groups is 1. The number of carboxylic acid groups (broad SMARTS) is 1. The van der Waals surface area contributed by atoms with E-state index in [0.717, 1.165) is 22.3 Å². The molecule has 2 amide bonds. The number of aliphatic hydroxyl groups excluding tert-OH is 1. The smallest absolute Gasteiger partial charge is 0.407 e. The molecular weight excluding hydrogens is 424 g/mol. The first-order valence-corrected chi connectivity index (χ1v) is 11.1. The quantitative estimate of drug-likeness (QED) is 0.594. The van der Waals surface area contributed by atoms with Gasteiger partial charge in [0.25, 0.3) is 0 Å². The maximum absolute atomic E-state index is 12.9. The van der Waals surface area contributed by atoms with Crippen LogP contribution in [0, 0.1) is 11.8 Å². The van der Waals surface area contributed by atoms with Crippen LogP contribution in [0.3, 0.4) is 0 Å². The van der Waals surface area contributed by atoms with Crippen LogP contribution in [0.15, 0.2) is 48.5 Å². The number of carbonyl (C=O) groups excluding carboxylic acids is 2. The standard InChI is InChI=1S/C25H28N2O6/c1-15-11-27(12-16(15)13-28)24(31)22(10-23(29)30)26-25(32)33-14-21-19-8-4-2-6-17(19)18-7-3-5-9-20(18)21/h2-9,15-16,21-22,28H,10-14H2,1H3,(H,26,32)(H,29,30)/t15-,16+,22?/m1/s1. The Morgan fingerprint density at radius 1 is 1.06 bits per heavy atom. The molecule has 1 heterocycles. The second-order valence-corrected chi connectivity index (χ2v) is 8.78. The van der Waals surface area contributed by atoms with E-state index in [-0.39, 0.29) is 31.0 Å². The van der Waals surface area contributed by atoms with Gasteiger partial charge in [-0.3, -0.25) is 9.59 Å². The largest absolute Gasteiger partial charge is 0.481 e. The third kappa shape index (κ3) is 4.71. The highest BCUT2D eigenvalue weighted by molar-refractivity contribution is 5.89. The van der Waals surface area contributed by atoms with E-state index >= 15 is 0 Å². The number of likely N-dealkylation sites (tertiary alicyclic amines) is 1. The molecule has 0 saturated carbocycles. The fourth-order valence-electron chi connectivity index (χ4n) is 4.83. The summed E-state index contributed by atoms with van der Waals surface area (Å²) >= 11 is 0. The van der Waals surface area contributed by atoms with E-state index < -0.39 is 30.4 Å². The number of benzene rings is 2. The zero-order chi connectivity index (χ0) is 23.5. The van der Waals surface area contributed by atoms with Gasteiger partial charge in [-0.1, -0.05) is 55.5 Å². The Bertz CT molecular complexity index is 1010. The lowest BCUT2D eigenvalue weighted by molar-refractivity contribution is -0.142. The molecule has 1 saturated heterocycles. The van der Waals surface area contributed by atoms with E-state index in [0.29, 0.717) is 13.1 Å². The Balaban J connectivity index is 1.42. The van der Waals surface area contributed by atoms with Gasteiger partial charge < -0.3 is 25.2 Å². The lowest BCUT2D eigenvalue weighted by Gasteiger charge is -2.23. The Morgan fingerprint density at radius 2 is 1.67 bits per heavy atom. The van der Waals surface area contributed by atoms with E-state index in [1.165, 1.54) is 4.90 Å². The maximum atomic E-state index is 12.9. The van der Waals surface area contributed by atoms with E-state index in [9.17, 15) is 24.6 Å². The lowest BCUT2D eigenvalue weighted by atomic mass is 9.98. The van der Waals surface area contributed by atoms with Crippen LogP contribution in [-0.4, -0.2) is 65.4 Å². The molecule has 3 atom stereocenters. The molecule has 2 aliphatic rings. The fraction of sp³-hybridized carbons (Fsp3) is 0.400. The Labute approximate surface area is 192 Å². The van der Waals surface area contributed by atoms with Gasteiger partial charge in [0.1, 0.15) is 12.6 Å². The van der Waals surface area contributed by atoms with Gasteiger partial charge in [0.15, 0.2) is 0 Å². The molecule has 0 bridgehead atoms. The minimum Gasteiger partial charge on any atom is -0.481 e. The zero-order valence-electron chi connectivity index (χ0n) is 18.4. The summed E-state index contributed by atoms with van der Waals surface area (Å²) in [6.07, 6.45) is -1.38. The van der Waals surface area contributed by atoms with Crippen LogP contribution in [0.4, 0.5) is 4.79 Å². The second-order valence-electron chi connectivity index (χ2n) is 8.78. The van der Waals surface area contributed by atoms with Crippen molar-refractivity contribution >= 4 is 18.0 Å². The second kappa shape index (κ2) is 9.62. The predicted octanol–water partition coefficient (Wildman–Crippen LogP) is 2.46. The highest BCUT2D eigenvalue weighted by Crippen LogP contribution is 2.44. The molecule has 2 aromatic carbocycles. The molecule has 3 N–H and O–H groups in total. The highest BCUT2D eigenvalue weighted by Gasteiger charge is 2.37. The molecule has 0 spiro atoms. The van der Waals surface area contributed by atoms with Crippen LogP contribution in [0.5, 0.6) is 0 Å². The summed E-state index contributed by atoms with van der Waals surface area (Å²) < 4.78 is 5.47. The van der Waals surface area contributed by atoms with Crippen LogP contribution < -0.4 is 5.32 Å². The van der Waals surface area contributed by atoms with Crippen LogP contribution in [0.1, 0.15) is 30.4 Å². The Morgan fingerprint density at radius 3 is 2.21 bits per heavy atom. The van der Waals surface area contributed by atoms with Crippen molar-refractivity contribution in [1.29, 1.82) is 0 Å². The molecule has 0 radical (unpaired) electrons. The van der Waals surface area contributed by atoms with Gasteiger partial charge in [-0.25, -0.2) is 4.79 Å². The van der Waals surface area contributed by atoms with Gasteiger partial charge in [0.05, 0.1) is 6.42 Å². The van der Waals surface area contributed by atoms with Crippen molar-refractivity contribution in [2.45, 2.75) is 25.3 Å². The van der Waals surface area contributed by atoms with Crippen molar-refractivity contribution in [2.75, 3.05) is 26.3 Å². The van der Waals surface area contributed by atoms with Crippen LogP contribution in [0.2, 0.25) is 0 Å². The normalized spacial score (nSPS) is 20.1. The number of hydrogen-bond donors (Lipinski definition) is 3. The molecule has 174 valence electrons. The lowest BCUT2D eigenvalue weighted by Crippen LogP contribution is -2.49. The number of ether oxygens (including phenoxy) is 1. The SMILES string of the molecule is C[C@@H]1CN(C(=O)C(CC(=O)O)NC(=O)OCC2c3ccccc3-c3ccccc32)C[C@H]1CO. The summed E-state index contributed by atoms with van der Waals surface area (Å²) in [6, 6.07) is 14.7. The van der Waals surface area contributed by atoms with Crippen molar-refractivity contribution in [3.05, 3.63) is 59.7 Å². The monoisotopic (exact) mass is 452 g/mol. The van der Waals surface area contributed by atoms with Crippen LogP contribution >= 0.6 is 0 Å². The number of amides is 2. The third-order valence-corrected chi connectivity index (χ3v) is 6.63. The van der Waals surface area contributed by atoms with Crippen molar-refractivity contribution in [3.8, 4) is 11.1 Å². The Kier molecular flexibility index (Phi) is 6.65. The molecule has 1 fully saturated rings. The minimum absolute atomic E-state index is 0.0473. The molecule has 1 unspecified atom stereocenters. The molecule has 8 nitrogen and oxygen atoms in total. The number of fused-ring (bicyclic) bond motifs is 3. The average molecular weight is 453 g/mol. The molecule has 2 aromatic rings. The number of nitrogens with zero attached hydrogens (tertiary/aromatic N) is 1. The number of nitrogens with one attached hydrogen (secondary N) is 1. The zero-order valence-corrected chi connectivity index (χ0v) is 18.4. The first kappa shape index (κ1) is 22.8. The van der Waals surface area contributed by atoms with E-state index in [1.807, 2.05) is 55.5 Å². The Hall–Kier alpha value is -3.39. The van der Waals surface area contributed by atoms with Gasteiger partial charge in [-0.2, -0.15) is 0 Å². The topological polar surface area (TPSA) is 116 Å².